The summed E-state index contributed by atoms with van der Waals surface area (Å²) in [5, 5.41) is 16.5. The van der Waals surface area contributed by atoms with Gasteiger partial charge in [-0.1, -0.05) is 6.92 Å². The number of tetrazole rings is 1. The van der Waals surface area contributed by atoms with E-state index in [4.69, 9.17) is 4.74 Å². The Morgan fingerprint density at radius 3 is 2.73 bits per heavy atom. The van der Waals surface area contributed by atoms with Crippen LogP contribution in [0.5, 0.6) is 0 Å². The molecule has 1 amide bonds. The highest BCUT2D eigenvalue weighted by molar-refractivity contribution is 5.69. The van der Waals surface area contributed by atoms with E-state index in [0.717, 1.165) is 22.7 Å². The van der Waals surface area contributed by atoms with Crippen LogP contribution in [0.4, 0.5) is 10.5 Å². The molecule has 2 fully saturated rings. The average Bonchev–Trinajstić information content (AvgIpc) is 3.24. The third-order valence-electron chi connectivity index (χ3n) is 6.54. The lowest BCUT2D eigenvalue weighted by Crippen LogP contribution is -2.53. The molecule has 1 aliphatic heterocycles. The quantitative estimate of drug-likeness (QED) is 0.609. The average molecular weight is 453 g/mol. The number of nitrogens with zero attached hydrogens (tertiary/aromatic N) is 7. The van der Waals surface area contributed by atoms with Gasteiger partial charge in [-0.25, -0.2) is 14.5 Å². The molecule has 4 heterocycles. The molecular weight excluding hydrogens is 420 g/mol. The van der Waals surface area contributed by atoms with Gasteiger partial charge in [0.05, 0.1) is 17.8 Å². The van der Waals surface area contributed by atoms with Gasteiger partial charge in [0.1, 0.15) is 11.2 Å². The molecule has 10 nitrogen and oxygen atoms in total. The van der Waals surface area contributed by atoms with Gasteiger partial charge in [-0.15, -0.1) is 5.10 Å². The zero-order valence-electron chi connectivity index (χ0n) is 19.9. The Morgan fingerprint density at radius 1 is 1.27 bits per heavy atom. The molecule has 0 radical (unpaired) electrons. The molecule has 2 unspecified atom stereocenters. The van der Waals surface area contributed by atoms with E-state index in [-0.39, 0.29) is 18.2 Å². The number of likely N-dealkylation sites (tertiary alicyclic amines) is 1. The number of hydrogen-bond donors (Lipinski definition) is 1. The van der Waals surface area contributed by atoms with Crippen molar-refractivity contribution in [2.45, 2.75) is 65.1 Å². The summed E-state index contributed by atoms with van der Waals surface area (Å²) in [5.74, 6) is 1.84. The number of carbonyl (C=O) groups excluding carboxylic acids is 1. The second-order valence-electron chi connectivity index (χ2n) is 10.4. The fourth-order valence-corrected chi connectivity index (χ4v) is 4.54. The number of fused-ring (bicyclic) bond motifs is 1. The number of aryl methyl sites for hydroxylation is 1. The highest BCUT2D eigenvalue weighted by atomic mass is 16.6. The van der Waals surface area contributed by atoms with Gasteiger partial charge in [-0.3, -0.25) is 0 Å². The number of rotatable bonds is 6. The molecular formula is C23H32N8O2. The van der Waals surface area contributed by atoms with E-state index in [1.54, 1.807) is 4.90 Å². The van der Waals surface area contributed by atoms with E-state index in [1.165, 1.54) is 12.8 Å². The zero-order chi connectivity index (χ0) is 23.3. The molecule has 33 heavy (non-hydrogen) atoms. The van der Waals surface area contributed by atoms with Gasteiger partial charge in [0.2, 0.25) is 0 Å². The first-order valence-corrected chi connectivity index (χ1v) is 11.6. The van der Waals surface area contributed by atoms with Crippen LogP contribution >= 0.6 is 0 Å². The number of aromatic nitrogens is 6. The summed E-state index contributed by atoms with van der Waals surface area (Å²) in [6, 6.07) is 2.12. The highest BCUT2D eigenvalue weighted by Crippen LogP contribution is 2.44. The summed E-state index contributed by atoms with van der Waals surface area (Å²) >= 11 is 0. The summed E-state index contributed by atoms with van der Waals surface area (Å²) < 4.78 is 9.41. The molecule has 0 aromatic carbocycles. The van der Waals surface area contributed by atoms with Crippen LogP contribution in [-0.2, 0) is 4.74 Å². The van der Waals surface area contributed by atoms with Crippen molar-refractivity contribution in [1.29, 1.82) is 0 Å². The summed E-state index contributed by atoms with van der Waals surface area (Å²) in [6.07, 6.45) is 8.00. The van der Waals surface area contributed by atoms with Crippen molar-refractivity contribution in [2.24, 2.45) is 11.8 Å². The molecule has 3 aromatic heterocycles. The Balaban J connectivity index is 1.37. The van der Waals surface area contributed by atoms with Crippen LogP contribution in [0.2, 0.25) is 0 Å². The number of ether oxygens (including phenoxy) is 1. The largest absolute Gasteiger partial charge is 0.444 e. The van der Waals surface area contributed by atoms with Crippen LogP contribution in [0.25, 0.3) is 5.65 Å². The van der Waals surface area contributed by atoms with Crippen LogP contribution in [0.3, 0.4) is 0 Å². The molecule has 1 aliphatic carbocycles. The predicted octanol–water partition coefficient (Wildman–Crippen LogP) is 3.62. The van der Waals surface area contributed by atoms with Gasteiger partial charge in [-0.05, 0) is 74.4 Å². The van der Waals surface area contributed by atoms with Crippen molar-refractivity contribution in [3.63, 3.8) is 0 Å². The lowest BCUT2D eigenvalue weighted by atomic mass is 9.95. The summed E-state index contributed by atoms with van der Waals surface area (Å²) in [5.41, 5.74) is 2.56. The fraction of sp³-hybridized carbons (Fsp3) is 0.609. The Bertz CT molecular complexity index is 1150. The summed E-state index contributed by atoms with van der Waals surface area (Å²) in [6.45, 7) is 11.0. The van der Waals surface area contributed by atoms with E-state index in [0.29, 0.717) is 24.9 Å². The minimum Gasteiger partial charge on any atom is -0.444 e. The van der Waals surface area contributed by atoms with Crippen molar-refractivity contribution in [3.8, 4) is 0 Å². The van der Waals surface area contributed by atoms with E-state index >= 15 is 0 Å². The highest BCUT2D eigenvalue weighted by Gasteiger charge is 2.41. The summed E-state index contributed by atoms with van der Waals surface area (Å²) in [4.78, 5) is 18.5. The van der Waals surface area contributed by atoms with Crippen LogP contribution in [0.15, 0.2) is 24.7 Å². The monoisotopic (exact) mass is 452 g/mol. The number of amides is 1. The first-order chi connectivity index (χ1) is 15.7. The number of anilines is 1. The second-order valence-corrected chi connectivity index (χ2v) is 10.4. The Morgan fingerprint density at radius 2 is 2.03 bits per heavy atom. The van der Waals surface area contributed by atoms with E-state index in [9.17, 15) is 4.79 Å². The standard InChI is InChI=1S/C23H32N8O2/c1-14-10-17(11-29-9-8-24-20(14)29)25-19(15(2)16-6-7-16)21-26-27-28-31(21)18-12-30(13-18)22(32)33-23(3,4)5/h8-11,15-16,18-19,25H,6-7,12-13H2,1-5H3. The van der Waals surface area contributed by atoms with Gasteiger partial charge in [0.15, 0.2) is 5.82 Å². The predicted molar refractivity (Wildman–Crippen MR) is 123 cm³/mol. The smallest absolute Gasteiger partial charge is 0.410 e. The molecule has 1 N–H and O–H groups in total. The number of hydrogen-bond acceptors (Lipinski definition) is 7. The van der Waals surface area contributed by atoms with Gasteiger partial charge < -0.3 is 19.4 Å². The van der Waals surface area contributed by atoms with Crippen molar-refractivity contribution in [1.82, 2.24) is 34.5 Å². The molecule has 5 rings (SSSR count). The lowest BCUT2D eigenvalue weighted by Gasteiger charge is -2.40. The maximum Gasteiger partial charge on any atom is 0.410 e. The van der Waals surface area contributed by atoms with Gasteiger partial charge in [0.25, 0.3) is 0 Å². The maximum absolute atomic E-state index is 12.4. The number of nitrogens with one attached hydrogen (secondary N) is 1. The Labute approximate surface area is 193 Å². The molecule has 0 bridgehead atoms. The molecule has 0 spiro atoms. The van der Waals surface area contributed by atoms with Gasteiger partial charge >= 0.3 is 6.09 Å². The minimum absolute atomic E-state index is 0.0380. The van der Waals surface area contributed by atoms with Crippen molar-refractivity contribution in [3.05, 3.63) is 36.0 Å². The molecule has 2 aliphatic rings. The minimum atomic E-state index is -0.509. The molecule has 2 atom stereocenters. The van der Waals surface area contributed by atoms with Gasteiger partial charge in [0, 0.05) is 31.7 Å². The Hall–Kier alpha value is -3.17. The maximum atomic E-state index is 12.4. The summed E-state index contributed by atoms with van der Waals surface area (Å²) in [7, 11) is 0. The molecule has 10 heteroatoms. The topological polar surface area (TPSA) is 102 Å². The van der Waals surface area contributed by atoms with Crippen molar-refractivity contribution >= 4 is 17.4 Å². The molecule has 3 aromatic rings. The molecule has 1 saturated carbocycles. The van der Waals surface area contributed by atoms with E-state index < -0.39 is 5.60 Å². The van der Waals surface area contributed by atoms with Crippen LogP contribution in [0, 0.1) is 18.8 Å². The SMILES string of the molecule is Cc1cc(NC(c2nnnn2C2CN(C(=O)OC(C)(C)C)C2)C(C)C2CC2)cn2ccnc12. The number of pyridine rings is 1. The van der Waals surface area contributed by atoms with E-state index in [1.807, 2.05) is 42.2 Å². The normalized spacial score (nSPS) is 18.8. The molecule has 176 valence electrons. The third-order valence-corrected chi connectivity index (χ3v) is 6.54. The lowest BCUT2D eigenvalue weighted by molar-refractivity contribution is -0.00122. The number of carbonyl (C=O) groups is 1. The second kappa shape index (κ2) is 8.00. The molecule has 1 saturated heterocycles. The van der Waals surface area contributed by atoms with Crippen molar-refractivity contribution in [2.75, 3.05) is 18.4 Å². The Kier molecular flexibility index (Phi) is 5.25. The first-order valence-electron chi connectivity index (χ1n) is 11.6. The number of imidazole rings is 1. The van der Waals surface area contributed by atoms with Crippen LogP contribution < -0.4 is 5.32 Å². The van der Waals surface area contributed by atoms with Crippen LogP contribution in [0.1, 0.15) is 64.0 Å². The van der Waals surface area contributed by atoms with Crippen molar-refractivity contribution < 1.29 is 9.53 Å². The first kappa shape index (κ1) is 21.7. The third kappa shape index (κ3) is 4.38. The van der Waals surface area contributed by atoms with E-state index in [2.05, 4.69) is 51.9 Å². The fourth-order valence-electron chi connectivity index (χ4n) is 4.54. The van der Waals surface area contributed by atoms with Crippen LogP contribution in [-0.4, -0.2) is 59.3 Å². The zero-order valence-corrected chi connectivity index (χ0v) is 19.9. The van der Waals surface area contributed by atoms with Gasteiger partial charge in [-0.2, -0.15) is 0 Å².